The van der Waals surface area contributed by atoms with Crippen molar-refractivity contribution in [2.75, 3.05) is 6.61 Å². The highest BCUT2D eigenvalue weighted by Crippen LogP contribution is 2.25. The lowest BCUT2D eigenvalue weighted by molar-refractivity contribution is -0.123. The Kier molecular flexibility index (Phi) is 5.95. The van der Waals surface area contributed by atoms with Crippen LogP contribution in [-0.2, 0) is 4.79 Å². The van der Waals surface area contributed by atoms with Crippen LogP contribution in [-0.4, -0.2) is 23.8 Å². The second-order valence-corrected chi connectivity index (χ2v) is 6.97. The number of fused-ring (bicyclic) bond motifs is 1. The van der Waals surface area contributed by atoms with Gasteiger partial charge in [0.1, 0.15) is 11.5 Å². The molecule has 0 aliphatic carbocycles. The first-order valence-corrected chi connectivity index (χ1v) is 9.11. The van der Waals surface area contributed by atoms with Crippen LogP contribution in [0.1, 0.15) is 5.56 Å². The zero-order valence-electron chi connectivity index (χ0n) is 13.4. The van der Waals surface area contributed by atoms with Gasteiger partial charge in [0, 0.05) is 10.6 Å². The Morgan fingerprint density at radius 1 is 1.23 bits per heavy atom. The van der Waals surface area contributed by atoms with Gasteiger partial charge < -0.3 is 9.84 Å². The highest BCUT2D eigenvalue weighted by Gasteiger charge is 2.07. The van der Waals surface area contributed by atoms with Crippen LogP contribution >= 0.6 is 34.2 Å². The number of hydrogen-bond acceptors (Lipinski definition) is 4. The van der Waals surface area contributed by atoms with Crippen LogP contribution in [0.5, 0.6) is 11.5 Å². The molecule has 2 N–H and O–H groups in total. The van der Waals surface area contributed by atoms with Gasteiger partial charge in [0.15, 0.2) is 6.61 Å². The summed E-state index contributed by atoms with van der Waals surface area (Å²) in [6.07, 6.45) is 1.42. The Balaban J connectivity index is 1.64. The van der Waals surface area contributed by atoms with Gasteiger partial charge in [-0.3, -0.25) is 4.79 Å². The van der Waals surface area contributed by atoms with Gasteiger partial charge in [-0.2, -0.15) is 5.10 Å². The van der Waals surface area contributed by atoms with Crippen LogP contribution in [0.3, 0.4) is 0 Å². The highest BCUT2D eigenvalue weighted by atomic mass is 127. The van der Waals surface area contributed by atoms with Crippen LogP contribution in [0.2, 0.25) is 5.02 Å². The van der Waals surface area contributed by atoms with Crippen molar-refractivity contribution in [3.05, 3.63) is 68.8 Å². The van der Waals surface area contributed by atoms with Crippen molar-refractivity contribution in [2.45, 2.75) is 0 Å². The normalized spacial score (nSPS) is 11.0. The Morgan fingerprint density at radius 3 is 2.85 bits per heavy atom. The second-order valence-electron chi connectivity index (χ2n) is 5.38. The molecule has 0 unspecified atom stereocenters. The number of halogens is 2. The average molecular weight is 481 g/mol. The largest absolute Gasteiger partial charge is 0.507 e. The average Bonchev–Trinajstić information content (AvgIpc) is 2.63. The van der Waals surface area contributed by atoms with Crippen LogP contribution in [0.15, 0.2) is 59.7 Å². The maximum absolute atomic E-state index is 11.9. The maximum atomic E-state index is 11.9. The van der Waals surface area contributed by atoms with E-state index in [0.717, 1.165) is 14.3 Å². The number of ether oxygens (including phenoxy) is 1. The van der Waals surface area contributed by atoms with Crippen molar-refractivity contribution in [3.63, 3.8) is 0 Å². The Labute approximate surface area is 168 Å². The minimum Gasteiger partial charge on any atom is -0.507 e. The molecule has 132 valence electrons. The summed E-state index contributed by atoms with van der Waals surface area (Å²) in [7, 11) is 0. The van der Waals surface area contributed by atoms with Gasteiger partial charge in [-0.15, -0.1) is 0 Å². The van der Waals surface area contributed by atoms with Gasteiger partial charge in [0.2, 0.25) is 0 Å². The lowest BCUT2D eigenvalue weighted by atomic mass is 10.0. The number of hydrogen-bond donors (Lipinski definition) is 2. The van der Waals surface area contributed by atoms with Gasteiger partial charge in [-0.05, 0) is 57.6 Å². The van der Waals surface area contributed by atoms with Gasteiger partial charge in [-0.25, -0.2) is 5.43 Å². The fourth-order valence-corrected chi connectivity index (χ4v) is 3.38. The van der Waals surface area contributed by atoms with E-state index in [1.54, 1.807) is 24.3 Å². The van der Waals surface area contributed by atoms with E-state index in [4.69, 9.17) is 16.3 Å². The van der Waals surface area contributed by atoms with E-state index in [0.29, 0.717) is 16.3 Å². The van der Waals surface area contributed by atoms with E-state index in [1.165, 1.54) is 6.21 Å². The van der Waals surface area contributed by atoms with Crippen LogP contribution in [0, 0.1) is 3.57 Å². The number of amides is 1. The summed E-state index contributed by atoms with van der Waals surface area (Å²) in [6, 6.07) is 16.2. The molecule has 0 aliphatic heterocycles. The Morgan fingerprint density at radius 2 is 2.04 bits per heavy atom. The van der Waals surface area contributed by atoms with E-state index in [1.807, 2.05) is 30.3 Å². The first kappa shape index (κ1) is 18.5. The van der Waals surface area contributed by atoms with Gasteiger partial charge in [-0.1, -0.05) is 41.9 Å². The quantitative estimate of drug-likeness (QED) is 0.324. The minimum atomic E-state index is -0.410. The van der Waals surface area contributed by atoms with Gasteiger partial charge >= 0.3 is 0 Å². The van der Waals surface area contributed by atoms with Gasteiger partial charge in [0.25, 0.3) is 5.91 Å². The van der Waals surface area contributed by atoms with Crippen molar-refractivity contribution >= 4 is 57.1 Å². The molecule has 3 aromatic rings. The summed E-state index contributed by atoms with van der Waals surface area (Å²) in [5.41, 5.74) is 2.93. The van der Waals surface area contributed by atoms with Crippen LogP contribution in [0.4, 0.5) is 0 Å². The predicted molar refractivity (Wildman–Crippen MR) is 111 cm³/mol. The molecule has 0 saturated carbocycles. The Hall–Kier alpha value is -2.32. The monoisotopic (exact) mass is 480 g/mol. The molecule has 0 saturated heterocycles. The molecule has 5 nitrogen and oxygen atoms in total. The fraction of sp³-hybridized carbons (Fsp3) is 0.0526. The van der Waals surface area contributed by atoms with Crippen molar-refractivity contribution < 1.29 is 14.6 Å². The van der Waals surface area contributed by atoms with Crippen molar-refractivity contribution in [1.82, 2.24) is 5.43 Å². The van der Waals surface area contributed by atoms with E-state index in [9.17, 15) is 9.90 Å². The number of rotatable bonds is 5. The lowest BCUT2D eigenvalue weighted by Crippen LogP contribution is -2.24. The molecule has 0 spiro atoms. The molecule has 0 radical (unpaired) electrons. The molecule has 0 bridgehead atoms. The minimum absolute atomic E-state index is 0.0914. The predicted octanol–water partition coefficient (Wildman–Crippen LogP) is 4.33. The molecular weight excluding hydrogens is 467 g/mol. The smallest absolute Gasteiger partial charge is 0.277 e. The van der Waals surface area contributed by atoms with Crippen LogP contribution in [0.25, 0.3) is 10.8 Å². The van der Waals surface area contributed by atoms with Crippen molar-refractivity contribution in [1.29, 1.82) is 0 Å². The number of aromatic hydroxyl groups is 1. The molecule has 3 aromatic carbocycles. The van der Waals surface area contributed by atoms with E-state index >= 15 is 0 Å². The molecule has 0 aromatic heterocycles. The Bertz CT molecular complexity index is 992. The standard InChI is InChI=1S/C19H14ClIN2O3/c20-13-6-8-18(16(21)9-13)26-11-19(25)23-22-10-15-14-4-2-1-3-12(14)5-7-17(15)24/h1-10,24H,11H2,(H,23,25)/b22-10-. The summed E-state index contributed by atoms with van der Waals surface area (Å²) in [5, 5.41) is 16.4. The van der Waals surface area contributed by atoms with Crippen LogP contribution < -0.4 is 10.2 Å². The molecule has 0 fully saturated rings. The maximum Gasteiger partial charge on any atom is 0.277 e. The third kappa shape index (κ3) is 4.44. The summed E-state index contributed by atoms with van der Waals surface area (Å²) >= 11 is 7.96. The first-order valence-electron chi connectivity index (χ1n) is 7.65. The number of nitrogens with zero attached hydrogens (tertiary/aromatic N) is 1. The van der Waals surface area contributed by atoms with Crippen molar-refractivity contribution in [2.24, 2.45) is 5.10 Å². The third-order valence-electron chi connectivity index (χ3n) is 3.58. The number of phenolic OH excluding ortho intramolecular Hbond substituents is 1. The lowest BCUT2D eigenvalue weighted by Gasteiger charge is -2.07. The summed E-state index contributed by atoms with van der Waals surface area (Å²) in [4.78, 5) is 11.9. The van der Waals surface area contributed by atoms with Gasteiger partial charge in [0.05, 0.1) is 9.78 Å². The van der Waals surface area contributed by atoms with Crippen molar-refractivity contribution in [3.8, 4) is 11.5 Å². The third-order valence-corrected chi connectivity index (χ3v) is 4.66. The number of nitrogens with one attached hydrogen (secondary N) is 1. The molecule has 1 amide bonds. The zero-order chi connectivity index (χ0) is 18.5. The molecular formula is C19H14ClIN2O3. The number of benzene rings is 3. The zero-order valence-corrected chi connectivity index (χ0v) is 16.4. The van der Waals surface area contributed by atoms with E-state index < -0.39 is 5.91 Å². The highest BCUT2D eigenvalue weighted by molar-refractivity contribution is 14.1. The summed E-state index contributed by atoms with van der Waals surface area (Å²) < 4.78 is 6.26. The summed E-state index contributed by atoms with van der Waals surface area (Å²) in [6.45, 7) is -0.184. The topological polar surface area (TPSA) is 70.9 Å². The molecule has 0 atom stereocenters. The first-order chi connectivity index (χ1) is 12.5. The molecule has 3 rings (SSSR count). The summed E-state index contributed by atoms with van der Waals surface area (Å²) in [5.74, 6) is 0.251. The van der Waals surface area contributed by atoms with E-state index in [2.05, 4.69) is 33.1 Å². The molecule has 7 heteroatoms. The number of phenols is 1. The molecule has 0 aliphatic rings. The molecule has 0 heterocycles. The van der Waals surface area contributed by atoms with E-state index in [-0.39, 0.29) is 12.4 Å². The molecule has 26 heavy (non-hydrogen) atoms. The number of carbonyl (C=O) groups is 1. The number of hydrazone groups is 1. The second kappa shape index (κ2) is 8.37. The SMILES string of the molecule is O=C(COc1ccc(Cl)cc1I)N/N=C\c1c(O)ccc2ccccc12. The fourth-order valence-electron chi connectivity index (χ4n) is 2.36. The number of carbonyl (C=O) groups excluding carboxylic acids is 1.